The summed E-state index contributed by atoms with van der Waals surface area (Å²) in [5, 5.41) is 7.43. The Morgan fingerprint density at radius 2 is 2.12 bits per heavy atom. The molecular formula is C24H24Cl2FN5O2. The lowest BCUT2D eigenvalue weighted by Gasteiger charge is -2.36. The molecule has 1 aromatic heterocycles. The van der Waals surface area contributed by atoms with Gasteiger partial charge in [0, 0.05) is 29.1 Å². The van der Waals surface area contributed by atoms with E-state index in [4.69, 9.17) is 23.2 Å². The molecule has 3 aromatic rings. The fraction of sp³-hybridized carbons (Fsp3) is 0.375. The zero-order valence-corrected chi connectivity index (χ0v) is 20.1. The summed E-state index contributed by atoms with van der Waals surface area (Å²) >= 11 is 12.5. The van der Waals surface area contributed by atoms with Gasteiger partial charge in [-0.2, -0.15) is 0 Å². The molecule has 5 rings (SSSR count). The van der Waals surface area contributed by atoms with Crippen molar-refractivity contribution in [2.24, 2.45) is 0 Å². The second kappa shape index (κ2) is 9.17. The molecule has 0 aliphatic carbocycles. The second-order valence-corrected chi connectivity index (χ2v) is 9.66. The molecule has 34 heavy (non-hydrogen) atoms. The number of rotatable bonds is 4. The summed E-state index contributed by atoms with van der Waals surface area (Å²) in [4.78, 5) is 34.6. The Labute approximate surface area is 205 Å². The molecule has 2 atom stereocenters. The molecule has 0 spiro atoms. The van der Waals surface area contributed by atoms with Crippen molar-refractivity contribution in [2.75, 3.05) is 31.5 Å². The summed E-state index contributed by atoms with van der Waals surface area (Å²) in [6.45, 7) is 3.93. The van der Waals surface area contributed by atoms with Crippen LogP contribution >= 0.6 is 23.2 Å². The van der Waals surface area contributed by atoms with Crippen LogP contribution in [0.2, 0.25) is 10.0 Å². The molecule has 7 nitrogen and oxygen atoms in total. The summed E-state index contributed by atoms with van der Waals surface area (Å²) < 4.78 is 14.8. The monoisotopic (exact) mass is 503 g/mol. The van der Waals surface area contributed by atoms with Crippen molar-refractivity contribution in [3.8, 4) is 0 Å². The lowest BCUT2D eigenvalue weighted by atomic mass is 9.93. The Morgan fingerprint density at radius 3 is 2.88 bits per heavy atom. The van der Waals surface area contributed by atoms with Gasteiger partial charge in [0.05, 0.1) is 29.2 Å². The molecule has 2 aliphatic heterocycles. The number of carbonyl (C=O) groups is 1. The van der Waals surface area contributed by atoms with Crippen molar-refractivity contribution >= 4 is 45.7 Å². The number of hydrogen-bond acceptors (Lipinski definition) is 5. The number of nitrogens with one attached hydrogen (secondary N) is 3. The average Bonchev–Trinajstić information content (AvgIpc) is 3.33. The minimum absolute atomic E-state index is 0.101. The first-order chi connectivity index (χ1) is 16.3. The first-order valence-electron chi connectivity index (χ1n) is 11.3. The van der Waals surface area contributed by atoms with Crippen LogP contribution in [0.25, 0.3) is 10.9 Å². The number of halogens is 3. The number of anilines is 1. The Hall–Kier alpha value is -2.68. The molecule has 0 bridgehead atoms. The predicted octanol–water partition coefficient (Wildman–Crippen LogP) is 4.00. The van der Waals surface area contributed by atoms with E-state index in [1.165, 1.54) is 6.07 Å². The van der Waals surface area contributed by atoms with Gasteiger partial charge in [-0.3, -0.25) is 9.59 Å². The summed E-state index contributed by atoms with van der Waals surface area (Å²) in [5.74, 6) is -0.0860. The van der Waals surface area contributed by atoms with Crippen molar-refractivity contribution in [1.29, 1.82) is 0 Å². The SMILES string of the molecule is C[C@@H]1c2c(Cl)cc(Cl)cc2CCN1C(=O)CNc1cc2nc([C@H]3CCNC3)[nH]c(=O)c2cc1F. The molecule has 0 radical (unpaired) electrons. The maximum atomic E-state index is 14.8. The molecule has 10 heteroatoms. The number of aromatic nitrogens is 2. The second-order valence-electron chi connectivity index (χ2n) is 8.82. The van der Waals surface area contributed by atoms with E-state index in [0.717, 1.165) is 36.7 Å². The van der Waals surface area contributed by atoms with Crippen LogP contribution in [0.15, 0.2) is 29.1 Å². The topological polar surface area (TPSA) is 90.1 Å². The maximum Gasteiger partial charge on any atom is 0.258 e. The maximum absolute atomic E-state index is 14.8. The van der Waals surface area contributed by atoms with Gasteiger partial charge in [-0.25, -0.2) is 9.37 Å². The van der Waals surface area contributed by atoms with Gasteiger partial charge in [0.25, 0.3) is 5.56 Å². The number of hydrogen-bond donors (Lipinski definition) is 3. The number of benzene rings is 2. The average molecular weight is 504 g/mol. The fourth-order valence-electron chi connectivity index (χ4n) is 4.91. The first kappa shape index (κ1) is 23.1. The van der Waals surface area contributed by atoms with Gasteiger partial charge in [-0.15, -0.1) is 0 Å². The van der Waals surface area contributed by atoms with Crippen molar-refractivity contribution in [3.05, 3.63) is 67.4 Å². The van der Waals surface area contributed by atoms with Crippen LogP contribution in [0.4, 0.5) is 10.1 Å². The fourth-order valence-corrected chi connectivity index (χ4v) is 5.60. The highest BCUT2D eigenvalue weighted by atomic mass is 35.5. The number of carbonyl (C=O) groups excluding carboxylic acids is 1. The van der Waals surface area contributed by atoms with Crippen LogP contribution in [0, 0.1) is 5.82 Å². The van der Waals surface area contributed by atoms with Gasteiger partial charge in [0.1, 0.15) is 11.6 Å². The van der Waals surface area contributed by atoms with Gasteiger partial charge in [0.2, 0.25) is 5.91 Å². The molecule has 1 amide bonds. The zero-order chi connectivity index (χ0) is 24.0. The van der Waals surface area contributed by atoms with Gasteiger partial charge in [-0.05, 0) is 61.7 Å². The van der Waals surface area contributed by atoms with Crippen molar-refractivity contribution in [1.82, 2.24) is 20.2 Å². The van der Waals surface area contributed by atoms with Gasteiger partial charge in [0.15, 0.2) is 0 Å². The Bertz CT molecular complexity index is 1340. The molecular weight excluding hydrogens is 480 g/mol. The van der Waals surface area contributed by atoms with E-state index in [1.807, 2.05) is 13.0 Å². The van der Waals surface area contributed by atoms with E-state index in [-0.39, 0.29) is 41.0 Å². The molecule has 1 fully saturated rings. The Morgan fingerprint density at radius 1 is 1.29 bits per heavy atom. The molecule has 2 aromatic carbocycles. The van der Waals surface area contributed by atoms with Crippen LogP contribution < -0.4 is 16.2 Å². The highest BCUT2D eigenvalue weighted by molar-refractivity contribution is 6.35. The number of aromatic amines is 1. The van der Waals surface area contributed by atoms with Gasteiger partial charge >= 0.3 is 0 Å². The number of H-pyrrole nitrogens is 1. The van der Waals surface area contributed by atoms with Crippen molar-refractivity contribution in [3.63, 3.8) is 0 Å². The molecule has 0 unspecified atom stereocenters. The van der Waals surface area contributed by atoms with Crippen LogP contribution in [-0.4, -0.2) is 47.0 Å². The third-order valence-electron chi connectivity index (χ3n) is 6.70. The van der Waals surface area contributed by atoms with Crippen LogP contribution in [0.3, 0.4) is 0 Å². The number of nitrogens with zero attached hydrogens (tertiary/aromatic N) is 2. The van der Waals surface area contributed by atoms with Crippen molar-refractivity contribution < 1.29 is 9.18 Å². The predicted molar refractivity (Wildman–Crippen MR) is 131 cm³/mol. The summed E-state index contributed by atoms with van der Waals surface area (Å²) in [7, 11) is 0. The van der Waals surface area contributed by atoms with E-state index in [0.29, 0.717) is 34.4 Å². The number of amides is 1. The smallest absolute Gasteiger partial charge is 0.258 e. The molecule has 3 heterocycles. The zero-order valence-electron chi connectivity index (χ0n) is 18.6. The molecule has 0 saturated carbocycles. The normalized spacial score (nSPS) is 19.9. The third-order valence-corrected chi connectivity index (χ3v) is 7.23. The van der Waals surface area contributed by atoms with E-state index in [9.17, 15) is 14.0 Å². The minimum Gasteiger partial charge on any atom is -0.374 e. The lowest BCUT2D eigenvalue weighted by Crippen LogP contribution is -2.42. The molecule has 2 aliphatic rings. The third kappa shape index (κ3) is 4.26. The number of fused-ring (bicyclic) bond motifs is 2. The van der Waals surface area contributed by atoms with Gasteiger partial charge in [-0.1, -0.05) is 23.2 Å². The van der Waals surface area contributed by atoms with E-state index in [2.05, 4.69) is 20.6 Å². The Kier molecular flexibility index (Phi) is 6.22. The minimum atomic E-state index is -0.613. The summed E-state index contributed by atoms with van der Waals surface area (Å²) in [6, 6.07) is 5.99. The van der Waals surface area contributed by atoms with Crippen LogP contribution in [0.5, 0.6) is 0 Å². The standard InChI is InChI=1S/C24H24Cl2FN5O2/c1-12-22-13(6-15(25)7-17(22)26)3-5-32(12)21(33)11-29-20-9-19-16(8-18(20)27)24(34)31-23(30-19)14-2-4-28-10-14/h6-9,12,14,28-29H,2-5,10-11H2,1H3,(H,30,31,34)/t12-,14+/m1/s1. The largest absolute Gasteiger partial charge is 0.374 e. The van der Waals surface area contributed by atoms with E-state index < -0.39 is 5.82 Å². The van der Waals surface area contributed by atoms with Crippen molar-refractivity contribution in [2.45, 2.75) is 31.7 Å². The highest BCUT2D eigenvalue weighted by Gasteiger charge is 2.29. The molecule has 1 saturated heterocycles. The van der Waals surface area contributed by atoms with E-state index in [1.54, 1.807) is 11.0 Å². The molecule has 178 valence electrons. The highest BCUT2D eigenvalue weighted by Crippen LogP contribution is 2.37. The van der Waals surface area contributed by atoms with E-state index >= 15 is 0 Å². The first-order valence-corrected chi connectivity index (χ1v) is 12.0. The van der Waals surface area contributed by atoms with Gasteiger partial charge < -0.3 is 20.5 Å². The lowest BCUT2D eigenvalue weighted by molar-refractivity contribution is -0.131. The molecule has 3 N–H and O–H groups in total. The van der Waals surface area contributed by atoms with Crippen LogP contribution in [0.1, 0.15) is 42.3 Å². The quantitative estimate of drug-likeness (QED) is 0.500. The summed E-state index contributed by atoms with van der Waals surface area (Å²) in [5.41, 5.74) is 2.08. The van der Waals surface area contributed by atoms with Crippen LogP contribution in [-0.2, 0) is 11.2 Å². The Balaban J connectivity index is 1.35. The summed E-state index contributed by atoms with van der Waals surface area (Å²) in [6.07, 6.45) is 1.52.